The number of nitrogens with two attached hydrogens (primary N) is 1. The Morgan fingerprint density at radius 3 is 2.85 bits per heavy atom. The number of nitrogens with zero attached hydrogens (tertiary/aromatic N) is 1. The first-order valence-electron chi connectivity index (χ1n) is 3.54. The molecule has 0 bridgehead atoms. The van der Waals surface area contributed by atoms with Crippen LogP contribution in [0.15, 0.2) is 12.1 Å². The minimum Gasteiger partial charge on any atom is -0.354 e. The number of anilines is 1. The highest BCUT2D eigenvalue weighted by Crippen LogP contribution is 2.15. The van der Waals surface area contributed by atoms with Crippen molar-refractivity contribution in [1.29, 1.82) is 0 Å². The number of nitrogens with one attached hydrogen (secondary N) is 2. The van der Waals surface area contributed by atoms with Gasteiger partial charge >= 0.3 is 0 Å². The number of hydrazine groups is 1. The van der Waals surface area contributed by atoms with E-state index < -0.39 is 0 Å². The van der Waals surface area contributed by atoms with Crippen molar-refractivity contribution in [3.05, 3.63) is 22.8 Å². The Hall–Kier alpha value is -1.33. The fourth-order valence-corrected chi connectivity index (χ4v) is 0.991. The zero-order chi connectivity index (χ0) is 9.84. The van der Waals surface area contributed by atoms with Gasteiger partial charge in [0.25, 0.3) is 5.91 Å². The van der Waals surface area contributed by atoms with Crippen LogP contribution in [0.25, 0.3) is 0 Å². The molecule has 0 saturated carbocycles. The van der Waals surface area contributed by atoms with Gasteiger partial charge in [0.1, 0.15) is 11.5 Å². The largest absolute Gasteiger partial charge is 0.354 e. The molecule has 1 amide bonds. The van der Waals surface area contributed by atoms with E-state index in [1.165, 1.54) is 7.05 Å². The van der Waals surface area contributed by atoms with Crippen molar-refractivity contribution in [3.63, 3.8) is 0 Å². The number of amides is 1. The summed E-state index contributed by atoms with van der Waals surface area (Å²) in [5.41, 5.74) is 2.48. The Kier molecular flexibility index (Phi) is 3.05. The van der Waals surface area contributed by atoms with Crippen LogP contribution >= 0.6 is 11.6 Å². The van der Waals surface area contributed by atoms with Gasteiger partial charge in [0.2, 0.25) is 0 Å². The predicted molar refractivity (Wildman–Crippen MR) is 50.4 cm³/mol. The number of carbonyl (C=O) groups is 1. The molecule has 5 nitrogen and oxygen atoms in total. The molecule has 1 heterocycles. The Morgan fingerprint density at radius 2 is 2.31 bits per heavy atom. The van der Waals surface area contributed by atoms with Crippen molar-refractivity contribution in [3.8, 4) is 0 Å². The van der Waals surface area contributed by atoms with Gasteiger partial charge < -0.3 is 10.7 Å². The number of rotatable bonds is 2. The Labute approximate surface area is 80.3 Å². The fourth-order valence-electron chi connectivity index (χ4n) is 0.800. The molecule has 6 heteroatoms. The van der Waals surface area contributed by atoms with Crippen molar-refractivity contribution in [2.75, 3.05) is 12.5 Å². The van der Waals surface area contributed by atoms with E-state index in [9.17, 15) is 4.79 Å². The third-order valence-corrected chi connectivity index (χ3v) is 1.74. The van der Waals surface area contributed by atoms with Gasteiger partial charge in [0, 0.05) is 7.05 Å². The van der Waals surface area contributed by atoms with Crippen LogP contribution in [-0.2, 0) is 0 Å². The highest BCUT2D eigenvalue weighted by atomic mass is 35.5. The van der Waals surface area contributed by atoms with Crippen LogP contribution in [0.1, 0.15) is 10.5 Å². The maximum atomic E-state index is 11.2. The summed E-state index contributed by atoms with van der Waals surface area (Å²) in [4.78, 5) is 15.1. The lowest BCUT2D eigenvalue weighted by atomic mass is 10.3. The van der Waals surface area contributed by atoms with Crippen LogP contribution in [0, 0.1) is 0 Å². The van der Waals surface area contributed by atoms with E-state index >= 15 is 0 Å². The second-order valence-corrected chi connectivity index (χ2v) is 2.66. The SMILES string of the molecule is CNC(=O)c1nc(NN)ccc1Cl. The summed E-state index contributed by atoms with van der Waals surface area (Å²) in [5, 5.41) is 2.71. The van der Waals surface area contributed by atoms with E-state index in [1.807, 2.05) is 0 Å². The molecular weight excluding hydrogens is 192 g/mol. The van der Waals surface area contributed by atoms with Crippen molar-refractivity contribution >= 4 is 23.3 Å². The Bertz CT molecular complexity index is 328. The third-order valence-electron chi connectivity index (χ3n) is 1.44. The minimum atomic E-state index is -0.345. The standard InChI is InChI=1S/C7H9ClN4O/c1-10-7(13)6-4(8)2-3-5(11-6)12-9/h2-3H,9H2,1H3,(H,10,13)(H,11,12). The van der Waals surface area contributed by atoms with E-state index in [-0.39, 0.29) is 11.6 Å². The van der Waals surface area contributed by atoms with Crippen LogP contribution in [0.2, 0.25) is 5.02 Å². The summed E-state index contributed by atoms with van der Waals surface area (Å²) in [7, 11) is 1.50. The van der Waals surface area contributed by atoms with E-state index in [0.717, 1.165) is 0 Å². The average Bonchev–Trinajstić information content (AvgIpc) is 2.17. The second kappa shape index (κ2) is 4.06. The first-order valence-corrected chi connectivity index (χ1v) is 3.92. The van der Waals surface area contributed by atoms with Gasteiger partial charge in [0.15, 0.2) is 0 Å². The highest BCUT2D eigenvalue weighted by molar-refractivity contribution is 6.33. The number of carbonyl (C=O) groups excluding carboxylic acids is 1. The summed E-state index contributed by atoms with van der Waals surface area (Å²) < 4.78 is 0. The zero-order valence-electron chi connectivity index (χ0n) is 6.97. The normalized spacial score (nSPS) is 9.46. The summed E-state index contributed by atoms with van der Waals surface area (Å²) in [5.74, 6) is 5.17. The van der Waals surface area contributed by atoms with Gasteiger partial charge in [-0.1, -0.05) is 11.6 Å². The summed E-state index contributed by atoms with van der Waals surface area (Å²) >= 11 is 5.73. The topological polar surface area (TPSA) is 80.0 Å². The predicted octanol–water partition coefficient (Wildman–Crippen LogP) is 0.380. The molecule has 0 aliphatic heterocycles. The molecule has 0 aliphatic carbocycles. The third kappa shape index (κ3) is 2.07. The molecule has 0 fully saturated rings. The van der Waals surface area contributed by atoms with Gasteiger partial charge in [-0.3, -0.25) is 4.79 Å². The maximum absolute atomic E-state index is 11.2. The summed E-state index contributed by atoms with van der Waals surface area (Å²) in [6.45, 7) is 0. The molecule has 0 atom stereocenters. The van der Waals surface area contributed by atoms with Crippen molar-refractivity contribution in [1.82, 2.24) is 10.3 Å². The lowest BCUT2D eigenvalue weighted by molar-refractivity contribution is 0.0958. The van der Waals surface area contributed by atoms with Gasteiger partial charge in [0.05, 0.1) is 5.02 Å². The van der Waals surface area contributed by atoms with Crippen LogP contribution < -0.4 is 16.6 Å². The van der Waals surface area contributed by atoms with Crippen LogP contribution in [-0.4, -0.2) is 17.9 Å². The molecular formula is C7H9ClN4O. The quantitative estimate of drug-likeness (QED) is 0.476. The number of aromatic nitrogens is 1. The molecule has 0 aromatic carbocycles. The number of pyridine rings is 1. The Morgan fingerprint density at radius 1 is 1.62 bits per heavy atom. The van der Waals surface area contributed by atoms with Crippen molar-refractivity contribution in [2.45, 2.75) is 0 Å². The molecule has 13 heavy (non-hydrogen) atoms. The molecule has 0 spiro atoms. The molecule has 0 radical (unpaired) electrons. The van der Waals surface area contributed by atoms with Crippen molar-refractivity contribution in [2.24, 2.45) is 5.84 Å². The van der Waals surface area contributed by atoms with Gasteiger partial charge in [-0.25, -0.2) is 10.8 Å². The lowest BCUT2D eigenvalue weighted by Gasteiger charge is -2.04. The molecule has 1 aromatic rings. The fraction of sp³-hybridized carbons (Fsp3) is 0.143. The highest BCUT2D eigenvalue weighted by Gasteiger charge is 2.10. The van der Waals surface area contributed by atoms with E-state index in [1.54, 1.807) is 12.1 Å². The summed E-state index contributed by atoms with van der Waals surface area (Å²) in [6.07, 6.45) is 0. The average molecular weight is 201 g/mol. The molecule has 0 aliphatic rings. The van der Waals surface area contributed by atoms with Gasteiger partial charge in [-0.05, 0) is 12.1 Å². The number of hydrogen-bond acceptors (Lipinski definition) is 4. The molecule has 0 unspecified atom stereocenters. The van der Waals surface area contributed by atoms with Gasteiger partial charge in [-0.2, -0.15) is 0 Å². The zero-order valence-corrected chi connectivity index (χ0v) is 7.72. The van der Waals surface area contributed by atoms with Crippen LogP contribution in [0.4, 0.5) is 5.82 Å². The van der Waals surface area contributed by atoms with Crippen LogP contribution in [0.3, 0.4) is 0 Å². The maximum Gasteiger partial charge on any atom is 0.271 e. The monoisotopic (exact) mass is 200 g/mol. The Balaban J connectivity index is 3.11. The van der Waals surface area contributed by atoms with Gasteiger partial charge in [-0.15, -0.1) is 0 Å². The first-order chi connectivity index (χ1) is 6.19. The molecule has 1 aromatic heterocycles. The minimum absolute atomic E-state index is 0.152. The van der Waals surface area contributed by atoms with E-state index in [0.29, 0.717) is 10.8 Å². The first kappa shape index (κ1) is 9.76. The second-order valence-electron chi connectivity index (χ2n) is 2.25. The molecule has 4 N–H and O–H groups in total. The number of nitrogen functional groups attached to an aromatic ring is 1. The smallest absolute Gasteiger partial charge is 0.271 e. The molecule has 70 valence electrons. The van der Waals surface area contributed by atoms with Crippen molar-refractivity contribution < 1.29 is 4.79 Å². The van der Waals surface area contributed by atoms with E-state index in [2.05, 4.69) is 15.7 Å². The lowest BCUT2D eigenvalue weighted by Crippen LogP contribution is -2.20. The van der Waals surface area contributed by atoms with Crippen LogP contribution in [0.5, 0.6) is 0 Å². The molecule has 1 rings (SSSR count). The molecule has 0 saturated heterocycles. The number of halogens is 1. The van der Waals surface area contributed by atoms with E-state index in [4.69, 9.17) is 17.4 Å². The number of hydrogen-bond donors (Lipinski definition) is 3. The summed E-state index contributed by atoms with van der Waals surface area (Å²) in [6, 6.07) is 3.13.